The highest BCUT2D eigenvalue weighted by atomic mass is 32.2. The standard InChI is InChI=1S/C13H23NO3SSi/c1-11-6-8-12(9-7-11)18(15,16)14-10-19(5,17)13(2,3)4/h6-9,14,17H,10H2,1-5H3. The van der Waals surface area contributed by atoms with E-state index in [-0.39, 0.29) is 16.1 Å². The molecular formula is C13H23NO3SSi. The van der Waals surface area contributed by atoms with Crippen LogP contribution in [-0.2, 0) is 10.0 Å². The maximum Gasteiger partial charge on any atom is 0.240 e. The van der Waals surface area contributed by atoms with Gasteiger partial charge >= 0.3 is 0 Å². The van der Waals surface area contributed by atoms with Crippen molar-refractivity contribution in [3.63, 3.8) is 0 Å². The molecule has 1 unspecified atom stereocenters. The Balaban J connectivity index is 2.85. The van der Waals surface area contributed by atoms with E-state index in [0.717, 1.165) is 5.56 Å². The van der Waals surface area contributed by atoms with E-state index in [2.05, 4.69) is 4.72 Å². The number of rotatable bonds is 4. The Kier molecular flexibility index (Phi) is 4.61. The van der Waals surface area contributed by atoms with E-state index in [1.54, 1.807) is 30.8 Å². The molecule has 0 aromatic heterocycles. The second-order valence-electron chi connectivity index (χ2n) is 6.16. The minimum Gasteiger partial charge on any atom is -0.430 e. The zero-order valence-electron chi connectivity index (χ0n) is 12.2. The van der Waals surface area contributed by atoms with Gasteiger partial charge < -0.3 is 4.80 Å². The van der Waals surface area contributed by atoms with Gasteiger partial charge in [0, 0.05) is 6.17 Å². The first-order chi connectivity index (χ1) is 8.46. The number of aryl methyl sites for hydroxylation is 1. The van der Waals surface area contributed by atoms with Gasteiger partial charge in [-0.1, -0.05) is 38.5 Å². The van der Waals surface area contributed by atoms with E-state index >= 15 is 0 Å². The van der Waals surface area contributed by atoms with Crippen LogP contribution in [0, 0.1) is 6.92 Å². The van der Waals surface area contributed by atoms with Crippen molar-refractivity contribution in [3.8, 4) is 0 Å². The molecule has 0 saturated heterocycles. The van der Waals surface area contributed by atoms with Crippen molar-refractivity contribution in [1.82, 2.24) is 4.72 Å². The molecule has 0 aliphatic heterocycles. The Hall–Kier alpha value is -0.693. The van der Waals surface area contributed by atoms with Crippen molar-refractivity contribution in [2.75, 3.05) is 6.17 Å². The largest absolute Gasteiger partial charge is 0.430 e. The molecule has 1 aromatic carbocycles. The summed E-state index contributed by atoms with van der Waals surface area (Å²) in [5.74, 6) is 0. The molecule has 0 heterocycles. The van der Waals surface area contributed by atoms with Crippen molar-refractivity contribution in [2.24, 2.45) is 0 Å². The Morgan fingerprint density at radius 3 is 2.11 bits per heavy atom. The Bertz CT molecular complexity index is 530. The molecule has 6 heteroatoms. The molecule has 0 saturated carbocycles. The molecule has 0 amide bonds. The summed E-state index contributed by atoms with van der Waals surface area (Å²) in [4.78, 5) is 10.7. The van der Waals surface area contributed by atoms with Gasteiger partial charge in [-0.05, 0) is 30.6 Å². The Labute approximate surface area is 117 Å². The fraction of sp³-hybridized carbons (Fsp3) is 0.538. The van der Waals surface area contributed by atoms with E-state index in [1.165, 1.54) is 0 Å². The third-order valence-corrected chi connectivity index (χ3v) is 9.32. The van der Waals surface area contributed by atoms with Gasteiger partial charge in [0.1, 0.15) is 0 Å². The second-order valence-corrected chi connectivity index (χ2v) is 12.3. The molecule has 4 nitrogen and oxygen atoms in total. The molecule has 1 aromatic rings. The quantitative estimate of drug-likeness (QED) is 0.838. The summed E-state index contributed by atoms with van der Waals surface area (Å²) in [5, 5.41) is -0.275. The van der Waals surface area contributed by atoms with Gasteiger partial charge in [0.2, 0.25) is 18.3 Å². The number of benzene rings is 1. The van der Waals surface area contributed by atoms with Crippen molar-refractivity contribution in [1.29, 1.82) is 0 Å². The van der Waals surface area contributed by atoms with Crippen LogP contribution in [-0.4, -0.2) is 27.7 Å². The third-order valence-electron chi connectivity index (χ3n) is 3.55. The van der Waals surface area contributed by atoms with Crippen LogP contribution in [0.4, 0.5) is 0 Å². The van der Waals surface area contributed by atoms with Crippen LogP contribution >= 0.6 is 0 Å². The SMILES string of the molecule is Cc1ccc(S(=O)(=O)NC[Si](C)(O)C(C)(C)C)cc1. The van der Waals surface area contributed by atoms with Gasteiger partial charge in [0.05, 0.1) is 4.90 Å². The maximum absolute atomic E-state index is 12.1. The van der Waals surface area contributed by atoms with Gasteiger partial charge in [-0.3, -0.25) is 0 Å². The monoisotopic (exact) mass is 301 g/mol. The van der Waals surface area contributed by atoms with Crippen LogP contribution in [0.2, 0.25) is 11.6 Å². The van der Waals surface area contributed by atoms with Crippen LogP contribution in [0.5, 0.6) is 0 Å². The Morgan fingerprint density at radius 2 is 1.68 bits per heavy atom. The first-order valence-electron chi connectivity index (χ1n) is 6.24. The van der Waals surface area contributed by atoms with Gasteiger partial charge in [-0.2, -0.15) is 0 Å². The normalized spacial score (nSPS) is 16.1. The van der Waals surface area contributed by atoms with Crippen LogP contribution in [0.3, 0.4) is 0 Å². The zero-order valence-corrected chi connectivity index (χ0v) is 14.0. The maximum atomic E-state index is 12.1. The average Bonchev–Trinajstić information content (AvgIpc) is 2.26. The van der Waals surface area contributed by atoms with Crippen molar-refractivity contribution >= 4 is 18.3 Å². The minimum absolute atomic E-state index is 0.118. The predicted molar refractivity (Wildman–Crippen MR) is 79.9 cm³/mol. The summed E-state index contributed by atoms with van der Waals surface area (Å²) in [5.41, 5.74) is 1.01. The molecule has 19 heavy (non-hydrogen) atoms. The van der Waals surface area contributed by atoms with E-state index in [4.69, 9.17) is 0 Å². The molecule has 0 radical (unpaired) electrons. The lowest BCUT2D eigenvalue weighted by Crippen LogP contribution is -2.51. The first kappa shape index (κ1) is 16.4. The molecule has 108 valence electrons. The molecule has 1 atom stereocenters. The lowest BCUT2D eigenvalue weighted by Gasteiger charge is -2.34. The fourth-order valence-corrected chi connectivity index (χ4v) is 4.38. The first-order valence-corrected chi connectivity index (χ1v) is 10.4. The highest BCUT2D eigenvalue weighted by Crippen LogP contribution is 2.33. The summed E-state index contributed by atoms with van der Waals surface area (Å²) in [6.07, 6.45) is 0.118. The highest BCUT2D eigenvalue weighted by Gasteiger charge is 2.39. The summed E-state index contributed by atoms with van der Waals surface area (Å²) in [6.45, 7) is 9.46. The molecule has 0 aliphatic carbocycles. The summed E-state index contributed by atoms with van der Waals surface area (Å²) in [7, 11) is -6.19. The molecule has 2 N–H and O–H groups in total. The molecule has 0 fully saturated rings. The lowest BCUT2D eigenvalue weighted by molar-refractivity contribution is 0.472. The number of hydrogen-bond donors (Lipinski definition) is 2. The zero-order chi connectivity index (χ0) is 14.9. The van der Waals surface area contributed by atoms with Crippen LogP contribution in [0.1, 0.15) is 26.3 Å². The van der Waals surface area contributed by atoms with Gasteiger partial charge in [-0.25, -0.2) is 13.1 Å². The van der Waals surface area contributed by atoms with Crippen molar-refractivity contribution in [2.45, 2.75) is 44.2 Å². The number of nitrogens with one attached hydrogen (secondary N) is 1. The fourth-order valence-electron chi connectivity index (χ4n) is 1.30. The van der Waals surface area contributed by atoms with Crippen molar-refractivity contribution < 1.29 is 13.2 Å². The predicted octanol–water partition coefficient (Wildman–Crippen LogP) is 2.18. The van der Waals surface area contributed by atoms with Crippen LogP contribution < -0.4 is 4.72 Å². The van der Waals surface area contributed by atoms with Crippen molar-refractivity contribution in [3.05, 3.63) is 29.8 Å². The molecular weight excluding hydrogens is 278 g/mol. The molecule has 1 rings (SSSR count). The number of sulfonamides is 1. The molecule has 0 bridgehead atoms. The van der Waals surface area contributed by atoms with Crippen LogP contribution in [0.25, 0.3) is 0 Å². The molecule has 0 spiro atoms. The molecule has 0 aliphatic rings. The summed E-state index contributed by atoms with van der Waals surface area (Å²) < 4.78 is 26.8. The van der Waals surface area contributed by atoms with E-state index in [1.807, 2.05) is 27.7 Å². The summed E-state index contributed by atoms with van der Waals surface area (Å²) in [6, 6.07) is 6.66. The second kappa shape index (κ2) is 5.36. The minimum atomic E-state index is -3.55. The lowest BCUT2D eigenvalue weighted by atomic mass is 10.2. The number of hydrogen-bond acceptors (Lipinski definition) is 3. The van der Waals surface area contributed by atoms with Crippen LogP contribution in [0.15, 0.2) is 29.2 Å². The smallest absolute Gasteiger partial charge is 0.240 e. The van der Waals surface area contributed by atoms with E-state index in [0.29, 0.717) is 0 Å². The van der Waals surface area contributed by atoms with E-state index in [9.17, 15) is 13.2 Å². The van der Waals surface area contributed by atoms with Gasteiger partial charge in [0.15, 0.2) is 0 Å². The Morgan fingerprint density at radius 1 is 1.21 bits per heavy atom. The van der Waals surface area contributed by atoms with Gasteiger partial charge in [-0.15, -0.1) is 0 Å². The average molecular weight is 301 g/mol. The third kappa shape index (κ3) is 4.14. The van der Waals surface area contributed by atoms with E-state index < -0.39 is 18.3 Å². The van der Waals surface area contributed by atoms with Gasteiger partial charge in [0.25, 0.3) is 0 Å². The summed E-state index contributed by atoms with van der Waals surface area (Å²) >= 11 is 0. The highest BCUT2D eigenvalue weighted by molar-refractivity contribution is 7.89. The topological polar surface area (TPSA) is 66.4 Å².